The van der Waals surface area contributed by atoms with Crippen LogP contribution in [0.15, 0.2) is 118 Å². The third kappa shape index (κ3) is 4.35. The summed E-state index contributed by atoms with van der Waals surface area (Å²) < 4.78 is 7.65. The molecule has 0 aliphatic carbocycles. The summed E-state index contributed by atoms with van der Waals surface area (Å²) in [6.45, 7) is 0. The first-order chi connectivity index (χ1) is 16.3. The molecule has 0 unspecified atom stereocenters. The van der Waals surface area contributed by atoms with Gasteiger partial charge in [-0.15, -0.1) is 0 Å². The van der Waals surface area contributed by atoms with Crippen molar-refractivity contribution in [2.75, 3.05) is 0 Å². The summed E-state index contributed by atoms with van der Waals surface area (Å²) in [4.78, 5) is 10.1. The molecule has 6 aromatic rings. The van der Waals surface area contributed by atoms with Gasteiger partial charge in [0, 0.05) is 0 Å². The van der Waals surface area contributed by atoms with E-state index in [0.29, 0.717) is 0 Å². The number of hydrogen-bond acceptors (Lipinski definition) is 6. The molecule has 0 spiro atoms. The van der Waals surface area contributed by atoms with E-state index in [2.05, 4.69) is 109 Å². The van der Waals surface area contributed by atoms with Crippen LogP contribution in [0.3, 0.4) is 0 Å². The molecule has 33 heavy (non-hydrogen) atoms. The van der Waals surface area contributed by atoms with Crippen LogP contribution in [0.4, 0.5) is 0 Å². The Kier molecular flexibility index (Phi) is 6.19. The van der Waals surface area contributed by atoms with Gasteiger partial charge in [-0.2, -0.15) is 0 Å². The van der Waals surface area contributed by atoms with Crippen LogP contribution in [0.1, 0.15) is 0 Å². The normalized spacial score (nSPS) is 11.9. The molecule has 0 atom stereocenters. The van der Waals surface area contributed by atoms with Crippen LogP contribution in [0.25, 0.3) is 20.4 Å². The molecule has 2 nitrogen and oxygen atoms in total. The molecule has 2 heterocycles. The van der Waals surface area contributed by atoms with E-state index in [1.165, 1.54) is 16.6 Å². The molecule has 0 aliphatic rings. The molecule has 0 amide bonds. The summed E-state index contributed by atoms with van der Waals surface area (Å²) in [5.41, 5.74) is 2.16. The summed E-state index contributed by atoms with van der Waals surface area (Å²) in [6, 6.07) is 39.0. The number of aromatic nitrogens is 2. The Hall–Kier alpha value is -1.84. The molecule has 0 saturated carbocycles. The van der Waals surface area contributed by atoms with Crippen LogP contribution in [-0.2, 0) is 0 Å². The Balaban J connectivity index is 1.54. The number of hydrogen-bond donors (Lipinski definition) is 0. The maximum absolute atomic E-state index is 5.04. The number of thiazole rings is 2. The Morgan fingerprint density at radius 3 is 1.30 bits per heavy atom. The molecule has 0 saturated heterocycles. The van der Waals surface area contributed by atoms with Gasteiger partial charge >= 0.3 is 212 Å². The van der Waals surface area contributed by atoms with Gasteiger partial charge in [0.15, 0.2) is 0 Å². The molecule has 0 radical (unpaired) electrons. The number of benzene rings is 4. The van der Waals surface area contributed by atoms with E-state index in [4.69, 9.17) is 9.97 Å². The monoisotopic (exact) mass is 606 g/mol. The van der Waals surface area contributed by atoms with Crippen LogP contribution < -0.4 is 7.16 Å². The third-order valence-corrected chi connectivity index (χ3v) is 35.8. The quantitative estimate of drug-likeness (QED) is 0.190. The van der Waals surface area contributed by atoms with Gasteiger partial charge in [-0.1, -0.05) is 0 Å². The average molecular weight is 605 g/mol. The van der Waals surface area contributed by atoms with Crippen LogP contribution >= 0.6 is 40.6 Å². The fourth-order valence-corrected chi connectivity index (χ4v) is 38.2. The topological polar surface area (TPSA) is 25.8 Å². The van der Waals surface area contributed by atoms with Gasteiger partial charge in [0.05, 0.1) is 0 Å². The van der Waals surface area contributed by atoms with Crippen molar-refractivity contribution < 1.29 is 0 Å². The third-order valence-electron chi connectivity index (χ3n) is 5.32. The number of rotatable bonds is 6. The van der Waals surface area contributed by atoms with Crippen molar-refractivity contribution in [2.45, 2.75) is 8.68 Å². The molecule has 0 N–H and O–H groups in total. The van der Waals surface area contributed by atoms with Gasteiger partial charge in [0.25, 0.3) is 0 Å². The van der Waals surface area contributed by atoms with Crippen molar-refractivity contribution >= 4 is 83.8 Å². The second kappa shape index (κ2) is 9.43. The molecule has 7 heteroatoms. The fourth-order valence-electron chi connectivity index (χ4n) is 3.77. The van der Waals surface area contributed by atoms with Crippen molar-refractivity contribution in [3.05, 3.63) is 109 Å². The Bertz CT molecular complexity index is 1350. The molecule has 0 fully saturated rings. The summed E-state index contributed by atoms with van der Waals surface area (Å²) in [5, 5.41) is 0. The zero-order valence-corrected chi connectivity index (χ0v) is 23.5. The molecule has 4 aromatic carbocycles. The molecule has 0 bridgehead atoms. The van der Waals surface area contributed by atoms with Gasteiger partial charge < -0.3 is 0 Å². The van der Waals surface area contributed by atoms with E-state index in [1.54, 1.807) is 22.7 Å². The Morgan fingerprint density at radius 2 is 0.879 bits per heavy atom. The van der Waals surface area contributed by atoms with Crippen LogP contribution in [0.2, 0.25) is 0 Å². The molecule has 160 valence electrons. The molecule has 0 aliphatic heterocycles. The molecule has 6 rings (SSSR count). The molecular formula is C26H18N2S4Sn. The van der Waals surface area contributed by atoms with Crippen molar-refractivity contribution in [3.8, 4) is 0 Å². The Morgan fingerprint density at radius 1 is 0.485 bits per heavy atom. The summed E-state index contributed by atoms with van der Waals surface area (Å²) in [6.07, 6.45) is 0. The van der Waals surface area contributed by atoms with E-state index >= 15 is 0 Å². The van der Waals surface area contributed by atoms with E-state index in [-0.39, 0.29) is 0 Å². The van der Waals surface area contributed by atoms with Crippen molar-refractivity contribution in [1.82, 2.24) is 9.97 Å². The number of nitrogens with zero attached hydrogens (tertiary/aromatic N) is 2. The van der Waals surface area contributed by atoms with Crippen LogP contribution in [0, 0.1) is 0 Å². The van der Waals surface area contributed by atoms with Crippen LogP contribution in [0.5, 0.6) is 0 Å². The van der Waals surface area contributed by atoms with Gasteiger partial charge in [-0.3, -0.25) is 0 Å². The first-order valence-corrected chi connectivity index (χ1v) is 23.6. The van der Waals surface area contributed by atoms with Gasteiger partial charge in [0.1, 0.15) is 0 Å². The maximum atomic E-state index is 5.04. The predicted octanol–water partition coefficient (Wildman–Crippen LogP) is 7.05. The van der Waals surface area contributed by atoms with E-state index in [9.17, 15) is 0 Å². The minimum atomic E-state index is -3.45. The summed E-state index contributed by atoms with van der Waals surface area (Å²) in [5.74, 6) is 0. The van der Waals surface area contributed by atoms with E-state index in [0.717, 1.165) is 19.7 Å². The summed E-state index contributed by atoms with van der Waals surface area (Å²) >= 11 is 0.156. The fraction of sp³-hybridized carbons (Fsp3) is 0. The van der Waals surface area contributed by atoms with Crippen molar-refractivity contribution in [2.24, 2.45) is 0 Å². The van der Waals surface area contributed by atoms with Gasteiger partial charge in [0.2, 0.25) is 0 Å². The van der Waals surface area contributed by atoms with Crippen LogP contribution in [-0.4, -0.2) is 25.6 Å². The summed E-state index contributed by atoms with van der Waals surface area (Å²) in [7, 11) is 4.04. The van der Waals surface area contributed by atoms with Gasteiger partial charge in [-0.25, -0.2) is 0 Å². The molecular weight excluding hydrogens is 587 g/mol. The Labute approximate surface area is 209 Å². The van der Waals surface area contributed by atoms with Gasteiger partial charge in [-0.05, 0) is 0 Å². The second-order valence-electron chi connectivity index (χ2n) is 7.45. The zero-order valence-electron chi connectivity index (χ0n) is 17.4. The average Bonchev–Trinajstić information content (AvgIpc) is 3.47. The number of para-hydroxylation sites is 2. The van der Waals surface area contributed by atoms with Crippen molar-refractivity contribution in [1.29, 1.82) is 0 Å². The second-order valence-corrected chi connectivity index (χ2v) is 31.5. The minimum absolute atomic E-state index is 1.08. The van der Waals surface area contributed by atoms with Crippen molar-refractivity contribution in [3.63, 3.8) is 0 Å². The van der Waals surface area contributed by atoms with E-state index < -0.39 is 15.6 Å². The SMILES string of the molecule is c1cc[c]([Sn]([S]c2nc3ccccc3s2)([S]c2nc3ccccc3s2)[c]2ccccc2)cc1. The molecule has 2 aromatic heterocycles. The van der Waals surface area contributed by atoms with E-state index in [1.807, 2.05) is 17.9 Å². The predicted molar refractivity (Wildman–Crippen MR) is 149 cm³/mol. The number of fused-ring (bicyclic) bond motifs is 2. The zero-order chi connectivity index (χ0) is 22.1. The first-order valence-electron chi connectivity index (χ1n) is 10.5. The first kappa shape index (κ1) is 21.7. The standard InChI is InChI=1S/2C7H5NS2.2C6H5.Sn/c2*9-7-8-5-3-1-2-4-6(5)10-7;2*1-2-4-6-5-3-1;/h2*1-4H,(H,8,9);2*1-5H;/q;;;;+2/p-2.